The number of aromatic nitrogens is 1. The van der Waals surface area contributed by atoms with Gasteiger partial charge in [0.15, 0.2) is 5.41 Å². The summed E-state index contributed by atoms with van der Waals surface area (Å²) in [6.07, 6.45) is 1.51. The van der Waals surface area contributed by atoms with E-state index in [0.29, 0.717) is 16.5 Å². The molecule has 3 N–H and O–H groups in total. The number of carbonyl (C=O) groups is 1. The number of fused-ring (bicyclic) bond motifs is 5. The Morgan fingerprint density at radius 1 is 1.26 bits per heavy atom. The summed E-state index contributed by atoms with van der Waals surface area (Å²) in [5.74, 6) is -0.0461. The summed E-state index contributed by atoms with van der Waals surface area (Å²) in [6.45, 7) is 8.29. The van der Waals surface area contributed by atoms with Gasteiger partial charge in [-0.2, -0.15) is 5.26 Å². The lowest BCUT2D eigenvalue weighted by atomic mass is 9.68. The van der Waals surface area contributed by atoms with Crippen molar-refractivity contribution in [3.05, 3.63) is 80.5 Å². The van der Waals surface area contributed by atoms with E-state index in [1.54, 1.807) is 11.0 Å². The fourth-order valence-corrected chi connectivity index (χ4v) is 6.50. The number of hydrogen-bond acceptors (Lipinski definition) is 5. The first-order valence-corrected chi connectivity index (χ1v) is 11.9. The second-order valence-electron chi connectivity index (χ2n) is 10.4. The number of benzene rings is 2. The number of ether oxygens (including phenoxy) is 1. The largest absolute Gasteiger partial charge is 0.439 e. The first-order chi connectivity index (χ1) is 16.7. The molecule has 3 aromatic rings. The molecule has 7 heteroatoms. The summed E-state index contributed by atoms with van der Waals surface area (Å²) in [4.78, 5) is 33.2. The van der Waals surface area contributed by atoms with E-state index < -0.39 is 16.5 Å². The number of anilines is 1. The van der Waals surface area contributed by atoms with Gasteiger partial charge in [0.25, 0.3) is 5.56 Å². The number of rotatable bonds is 1. The van der Waals surface area contributed by atoms with Crippen LogP contribution in [0.4, 0.5) is 5.69 Å². The highest BCUT2D eigenvalue weighted by molar-refractivity contribution is 6.16. The topological polar surface area (TPSA) is 112 Å². The Balaban J connectivity index is 1.86. The number of nitrogens with two attached hydrogens (primary N) is 1. The van der Waals surface area contributed by atoms with Crippen LogP contribution >= 0.6 is 0 Å². The number of pyridine rings is 1. The minimum absolute atomic E-state index is 0.0379. The minimum Gasteiger partial charge on any atom is -0.439 e. The second kappa shape index (κ2) is 6.76. The smallest absolute Gasteiger partial charge is 0.257 e. The average molecular weight is 467 g/mol. The van der Waals surface area contributed by atoms with E-state index in [1.807, 2.05) is 38.1 Å². The summed E-state index contributed by atoms with van der Waals surface area (Å²) in [5.41, 5.74) is 7.90. The SMILES string of the molecule is CCc1cc2c3c(c1)[C@]1(C(=O)N3C(C)(C)C[C@@H]2C)C(C#N)=C(N)Oc2c1c(=O)[nH]c1ccccc21. The second-order valence-corrected chi connectivity index (χ2v) is 10.4. The number of hydrogen-bond donors (Lipinski definition) is 2. The van der Waals surface area contributed by atoms with E-state index in [-0.39, 0.29) is 34.6 Å². The Bertz CT molecular complexity index is 1610. The monoisotopic (exact) mass is 466 g/mol. The van der Waals surface area contributed by atoms with Crippen LogP contribution in [0.5, 0.6) is 5.75 Å². The maximum absolute atomic E-state index is 14.7. The molecule has 3 aliphatic rings. The molecular weight excluding hydrogens is 440 g/mol. The maximum Gasteiger partial charge on any atom is 0.257 e. The Morgan fingerprint density at radius 2 is 2.00 bits per heavy atom. The molecule has 35 heavy (non-hydrogen) atoms. The lowest BCUT2D eigenvalue weighted by molar-refractivity contribution is -0.122. The van der Waals surface area contributed by atoms with Crippen LogP contribution < -0.4 is 20.9 Å². The van der Waals surface area contributed by atoms with Crippen LogP contribution in [0.25, 0.3) is 10.9 Å². The van der Waals surface area contributed by atoms with Crippen LogP contribution in [-0.4, -0.2) is 16.4 Å². The lowest BCUT2D eigenvalue weighted by Crippen LogP contribution is -2.55. The normalized spacial score (nSPS) is 23.8. The van der Waals surface area contributed by atoms with Gasteiger partial charge in [-0.3, -0.25) is 9.59 Å². The Morgan fingerprint density at radius 3 is 2.71 bits per heavy atom. The molecule has 3 aliphatic heterocycles. The molecule has 176 valence electrons. The molecule has 2 atom stereocenters. The third kappa shape index (κ3) is 2.44. The third-order valence-electron chi connectivity index (χ3n) is 7.90. The Hall–Kier alpha value is -4.05. The molecule has 0 bridgehead atoms. The predicted molar refractivity (Wildman–Crippen MR) is 133 cm³/mol. The van der Waals surface area contributed by atoms with E-state index in [9.17, 15) is 14.9 Å². The fourth-order valence-electron chi connectivity index (χ4n) is 6.50. The van der Waals surface area contributed by atoms with Gasteiger partial charge in [-0.25, -0.2) is 0 Å². The van der Waals surface area contributed by atoms with Crippen molar-refractivity contribution in [2.75, 3.05) is 4.90 Å². The number of aromatic amines is 1. The van der Waals surface area contributed by atoms with Crippen molar-refractivity contribution >= 4 is 22.5 Å². The highest BCUT2D eigenvalue weighted by Gasteiger charge is 2.64. The molecule has 6 rings (SSSR count). The summed E-state index contributed by atoms with van der Waals surface area (Å²) in [7, 11) is 0. The van der Waals surface area contributed by atoms with Gasteiger partial charge in [-0.05, 0) is 55.9 Å². The zero-order valence-electron chi connectivity index (χ0n) is 20.2. The summed E-state index contributed by atoms with van der Waals surface area (Å²) >= 11 is 0. The van der Waals surface area contributed by atoms with Crippen LogP contribution in [0.15, 0.2) is 52.6 Å². The van der Waals surface area contributed by atoms with E-state index >= 15 is 0 Å². The number of nitriles is 1. The van der Waals surface area contributed by atoms with Gasteiger partial charge in [0, 0.05) is 16.5 Å². The summed E-state index contributed by atoms with van der Waals surface area (Å²) < 4.78 is 5.97. The van der Waals surface area contributed by atoms with E-state index in [0.717, 1.165) is 29.7 Å². The number of aryl methyl sites for hydroxylation is 1. The van der Waals surface area contributed by atoms with Crippen molar-refractivity contribution in [3.63, 3.8) is 0 Å². The van der Waals surface area contributed by atoms with Gasteiger partial charge in [0.2, 0.25) is 11.8 Å². The first kappa shape index (κ1) is 21.5. The van der Waals surface area contributed by atoms with Crippen molar-refractivity contribution in [2.24, 2.45) is 5.73 Å². The molecule has 1 spiro atoms. The molecule has 4 heterocycles. The van der Waals surface area contributed by atoms with Gasteiger partial charge < -0.3 is 20.4 Å². The number of amides is 1. The van der Waals surface area contributed by atoms with E-state index in [1.165, 1.54) is 0 Å². The van der Waals surface area contributed by atoms with Gasteiger partial charge >= 0.3 is 0 Å². The molecular formula is C28H26N4O3. The molecule has 0 unspecified atom stereocenters. The average Bonchev–Trinajstić information content (AvgIpc) is 3.07. The zero-order valence-corrected chi connectivity index (χ0v) is 20.2. The molecule has 0 saturated carbocycles. The van der Waals surface area contributed by atoms with Gasteiger partial charge in [0.1, 0.15) is 17.4 Å². The molecule has 2 aromatic carbocycles. The van der Waals surface area contributed by atoms with Crippen LogP contribution in [-0.2, 0) is 16.6 Å². The minimum atomic E-state index is -1.68. The molecule has 0 radical (unpaired) electrons. The van der Waals surface area contributed by atoms with Crippen molar-refractivity contribution in [2.45, 2.75) is 57.4 Å². The molecule has 1 aromatic heterocycles. The highest BCUT2D eigenvalue weighted by atomic mass is 16.5. The van der Waals surface area contributed by atoms with Crippen molar-refractivity contribution in [1.29, 1.82) is 5.26 Å². The van der Waals surface area contributed by atoms with E-state index in [4.69, 9.17) is 10.5 Å². The van der Waals surface area contributed by atoms with Crippen LogP contribution in [0.1, 0.15) is 62.3 Å². The van der Waals surface area contributed by atoms with E-state index in [2.05, 4.69) is 31.0 Å². The number of carbonyl (C=O) groups excluding carboxylic acids is 1. The first-order valence-electron chi connectivity index (χ1n) is 11.9. The highest BCUT2D eigenvalue weighted by Crippen LogP contribution is 2.60. The Kier molecular flexibility index (Phi) is 4.15. The maximum atomic E-state index is 14.7. The number of nitrogens with zero attached hydrogens (tertiary/aromatic N) is 2. The van der Waals surface area contributed by atoms with Crippen molar-refractivity contribution in [3.8, 4) is 11.8 Å². The Labute approximate surface area is 202 Å². The zero-order chi connectivity index (χ0) is 24.9. The molecule has 0 aliphatic carbocycles. The number of nitrogens with one attached hydrogen (secondary N) is 1. The van der Waals surface area contributed by atoms with Crippen molar-refractivity contribution in [1.82, 2.24) is 4.98 Å². The van der Waals surface area contributed by atoms with Crippen LogP contribution in [0, 0.1) is 11.3 Å². The predicted octanol–water partition coefficient (Wildman–Crippen LogP) is 4.10. The summed E-state index contributed by atoms with van der Waals surface area (Å²) in [6, 6.07) is 13.5. The number of para-hydroxylation sites is 1. The number of H-pyrrole nitrogens is 1. The standard InChI is InChI=1S/C28H26N4O3/c1-5-15-10-17-14(2)12-27(3,4)32-22(17)18(11-15)28(26(32)34)19(13-29)24(30)35-23-16-8-6-7-9-20(16)31-25(33)21(23)28/h6-11,14H,5,12,30H2,1-4H3,(H,31,33)/t14-,28-/m0/s1. The molecule has 1 amide bonds. The van der Waals surface area contributed by atoms with Gasteiger partial charge in [-0.15, -0.1) is 0 Å². The van der Waals surface area contributed by atoms with Crippen LogP contribution in [0.2, 0.25) is 0 Å². The molecule has 0 saturated heterocycles. The quantitative estimate of drug-likeness (QED) is 0.561. The fraction of sp³-hybridized carbons (Fsp3) is 0.321. The molecule has 7 nitrogen and oxygen atoms in total. The summed E-state index contributed by atoms with van der Waals surface area (Å²) in [5, 5.41) is 11.0. The van der Waals surface area contributed by atoms with Gasteiger partial charge in [-0.1, -0.05) is 38.1 Å². The molecule has 0 fully saturated rings. The lowest BCUT2D eigenvalue weighted by Gasteiger charge is -2.44. The van der Waals surface area contributed by atoms with Crippen molar-refractivity contribution < 1.29 is 9.53 Å². The third-order valence-corrected chi connectivity index (χ3v) is 7.90. The van der Waals surface area contributed by atoms with Gasteiger partial charge in [0.05, 0.1) is 16.8 Å². The van der Waals surface area contributed by atoms with Crippen LogP contribution in [0.3, 0.4) is 0 Å².